The van der Waals surface area contributed by atoms with Crippen LogP contribution in [0.25, 0.3) is 0 Å². The molecule has 6 heteroatoms. The number of nitrogens with zero attached hydrogens (tertiary/aromatic N) is 1. The number of likely N-dealkylation sites (tertiary alicyclic amines) is 1. The number of nitrogens with one attached hydrogen (secondary N) is 1. The number of carbonyl (C=O) groups excluding carboxylic acids is 2. The quantitative estimate of drug-likeness (QED) is 0.767. The van der Waals surface area contributed by atoms with Gasteiger partial charge in [0.05, 0.1) is 6.42 Å². The van der Waals surface area contributed by atoms with Crippen molar-refractivity contribution in [1.82, 2.24) is 10.2 Å². The van der Waals surface area contributed by atoms with E-state index in [0.29, 0.717) is 5.92 Å². The van der Waals surface area contributed by atoms with Crippen LogP contribution >= 0.6 is 0 Å². The van der Waals surface area contributed by atoms with E-state index in [2.05, 4.69) is 34.5 Å². The van der Waals surface area contributed by atoms with Gasteiger partial charge < -0.3 is 15.3 Å². The maximum absolute atomic E-state index is 13.0. The molecule has 1 aliphatic heterocycles. The minimum absolute atomic E-state index is 0.0184. The molecule has 2 aliphatic rings. The molecule has 1 saturated carbocycles. The molecule has 0 spiro atoms. The van der Waals surface area contributed by atoms with Crippen LogP contribution in [-0.4, -0.2) is 46.9 Å². The fourth-order valence-electron chi connectivity index (χ4n) is 4.64. The normalized spacial score (nSPS) is 25.1. The maximum Gasteiger partial charge on any atom is 0.303 e. The summed E-state index contributed by atoms with van der Waals surface area (Å²) in [4.78, 5) is 37.5. The second-order valence-electron chi connectivity index (χ2n) is 8.37. The van der Waals surface area contributed by atoms with E-state index in [-0.39, 0.29) is 36.6 Å². The lowest BCUT2D eigenvalue weighted by molar-refractivity contribution is -0.139. The predicted octanol–water partition coefficient (Wildman–Crippen LogP) is 3.32. The van der Waals surface area contributed by atoms with E-state index < -0.39 is 5.97 Å². The Bertz CT molecular complexity index is 698. The van der Waals surface area contributed by atoms with Crippen molar-refractivity contribution in [2.45, 2.75) is 69.7 Å². The number of hydrogen-bond donors (Lipinski definition) is 2. The Morgan fingerprint density at radius 2 is 1.66 bits per heavy atom. The molecule has 1 heterocycles. The Balaban J connectivity index is 1.43. The molecule has 158 valence electrons. The Hall–Kier alpha value is -2.37. The third kappa shape index (κ3) is 6.31. The summed E-state index contributed by atoms with van der Waals surface area (Å²) < 4.78 is 0. The van der Waals surface area contributed by atoms with Gasteiger partial charge in [0.15, 0.2) is 0 Å². The van der Waals surface area contributed by atoms with Crippen LogP contribution in [0.4, 0.5) is 0 Å². The second-order valence-corrected chi connectivity index (χ2v) is 8.37. The summed E-state index contributed by atoms with van der Waals surface area (Å²) in [5.41, 5.74) is 1.38. The molecule has 2 fully saturated rings. The first-order chi connectivity index (χ1) is 14.0. The van der Waals surface area contributed by atoms with Crippen LogP contribution in [-0.2, 0) is 14.4 Å². The molecule has 1 atom stereocenters. The molecule has 6 nitrogen and oxygen atoms in total. The summed E-state index contributed by atoms with van der Waals surface area (Å²) in [7, 11) is 0. The monoisotopic (exact) mass is 400 g/mol. The lowest BCUT2D eigenvalue weighted by atomic mass is 9.85. The highest BCUT2D eigenvalue weighted by Crippen LogP contribution is 2.31. The van der Waals surface area contributed by atoms with Crippen molar-refractivity contribution in [2.24, 2.45) is 5.92 Å². The fraction of sp³-hybridized carbons (Fsp3) is 0.609. The molecule has 2 N–H and O–H groups in total. The smallest absolute Gasteiger partial charge is 0.303 e. The van der Waals surface area contributed by atoms with Gasteiger partial charge in [-0.1, -0.05) is 30.3 Å². The Labute approximate surface area is 172 Å². The summed E-state index contributed by atoms with van der Waals surface area (Å²) >= 11 is 0. The highest BCUT2D eigenvalue weighted by atomic mass is 16.4. The molecule has 1 unspecified atom stereocenters. The van der Waals surface area contributed by atoms with Crippen molar-refractivity contribution in [1.29, 1.82) is 0 Å². The second kappa shape index (κ2) is 10.4. The lowest BCUT2D eigenvalue weighted by Crippen LogP contribution is -2.42. The van der Waals surface area contributed by atoms with E-state index in [4.69, 9.17) is 5.11 Å². The van der Waals surface area contributed by atoms with E-state index in [0.717, 1.165) is 58.0 Å². The molecule has 0 aromatic heterocycles. The molecule has 1 aliphatic carbocycles. The average Bonchev–Trinajstić information content (AvgIpc) is 2.99. The van der Waals surface area contributed by atoms with Gasteiger partial charge in [-0.05, 0) is 56.4 Å². The number of carboxylic acids is 1. The highest BCUT2D eigenvalue weighted by Gasteiger charge is 2.31. The van der Waals surface area contributed by atoms with Gasteiger partial charge in [0.25, 0.3) is 0 Å². The van der Waals surface area contributed by atoms with E-state index in [1.165, 1.54) is 5.56 Å². The van der Waals surface area contributed by atoms with Crippen LogP contribution in [0.15, 0.2) is 30.3 Å². The zero-order valence-corrected chi connectivity index (χ0v) is 17.0. The van der Waals surface area contributed by atoms with E-state index in [1.54, 1.807) is 0 Å². The number of amides is 2. The van der Waals surface area contributed by atoms with Crippen LogP contribution in [0.5, 0.6) is 0 Å². The van der Waals surface area contributed by atoms with Crippen LogP contribution in [0.1, 0.15) is 69.3 Å². The minimum Gasteiger partial charge on any atom is -0.481 e. The summed E-state index contributed by atoms with van der Waals surface area (Å²) in [6, 6.07) is 10.7. The van der Waals surface area contributed by atoms with Crippen LogP contribution in [0.3, 0.4) is 0 Å². The first kappa shape index (κ1) is 21.3. The predicted molar refractivity (Wildman–Crippen MR) is 110 cm³/mol. The van der Waals surface area contributed by atoms with Gasteiger partial charge in [-0.3, -0.25) is 14.4 Å². The molecule has 29 heavy (non-hydrogen) atoms. The van der Waals surface area contributed by atoms with Crippen molar-refractivity contribution >= 4 is 17.8 Å². The van der Waals surface area contributed by atoms with E-state index in [1.807, 2.05) is 6.07 Å². The average molecular weight is 401 g/mol. The highest BCUT2D eigenvalue weighted by molar-refractivity contribution is 5.81. The van der Waals surface area contributed by atoms with Gasteiger partial charge in [0.2, 0.25) is 11.8 Å². The zero-order chi connectivity index (χ0) is 20.6. The topological polar surface area (TPSA) is 86.7 Å². The van der Waals surface area contributed by atoms with E-state index >= 15 is 0 Å². The van der Waals surface area contributed by atoms with Gasteiger partial charge in [-0.2, -0.15) is 0 Å². The standard InChI is InChI=1S/C23H32N2O4/c26-21(12-13-22(27)28)24-20-10-8-19(9-11-20)23(29)25-15-4-7-18(14-16-25)17-5-2-1-3-6-17/h1-3,5-6,18-20H,4,7-16H2,(H,24,26)(H,27,28). The SMILES string of the molecule is O=C(O)CCC(=O)NC1CCC(C(=O)N2CCCC(c3ccccc3)CC2)CC1. The van der Waals surface area contributed by atoms with Gasteiger partial charge in [-0.25, -0.2) is 0 Å². The fourth-order valence-corrected chi connectivity index (χ4v) is 4.64. The number of benzene rings is 1. The molecular weight excluding hydrogens is 368 g/mol. The molecular formula is C23H32N2O4. The van der Waals surface area contributed by atoms with Crippen molar-refractivity contribution in [3.63, 3.8) is 0 Å². The van der Waals surface area contributed by atoms with Crippen molar-refractivity contribution in [2.75, 3.05) is 13.1 Å². The number of carboxylic acid groups (broad SMARTS) is 1. The van der Waals surface area contributed by atoms with Crippen LogP contribution in [0.2, 0.25) is 0 Å². The molecule has 1 aromatic rings. The number of hydrogen-bond acceptors (Lipinski definition) is 3. The molecule has 0 bridgehead atoms. The van der Waals surface area contributed by atoms with Gasteiger partial charge in [0.1, 0.15) is 0 Å². The largest absolute Gasteiger partial charge is 0.481 e. The van der Waals surface area contributed by atoms with Gasteiger partial charge >= 0.3 is 5.97 Å². The first-order valence-electron chi connectivity index (χ1n) is 10.9. The van der Waals surface area contributed by atoms with Gasteiger partial charge in [0, 0.05) is 31.5 Å². The van der Waals surface area contributed by atoms with Crippen LogP contribution < -0.4 is 5.32 Å². The summed E-state index contributed by atoms with van der Waals surface area (Å²) in [5, 5.41) is 11.6. The van der Waals surface area contributed by atoms with Gasteiger partial charge in [-0.15, -0.1) is 0 Å². The van der Waals surface area contributed by atoms with Crippen molar-refractivity contribution in [3.05, 3.63) is 35.9 Å². The zero-order valence-electron chi connectivity index (χ0n) is 17.0. The first-order valence-corrected chi connectivity index (χ1v) is 10.9. The summed E-state index contributed by atoms with van der Waals surface area (Å²) in [5.74, 6) is -0.307. The van der Waals surface area contributed by atoms with Crippen molar-refractivity contribution < 1.29 is 19.5 Å². The molecule has 1 aromatic carbocycles. The molecule has 3 rings (SSSR count). The molecule has 1 saturated heterocycles. The third-order valence-electron chi connectivity index (χ3n) is 6.32. The minimum atomic E-state index is -0.957. The summed E-state index contributed by atoms with van der Waals surface area (Å²) in [6.45, 7) is 1.66. The number of carbonyl (C=O) groups is 3. The number of aliphatic carboxylic acids is 1. The third-order valence-corrected chi connectivity index (χ3v) is 6.32. The maximum atomic E-state index is 13.0. The van der Waals surface area contributed by atoms with Crippen LogP contribution in [0, 0.1) is 5.92 Å². The lowest BCUT2D eigenvalue weighted by Gasteiger charge is -2.32. The number of rotatable bonds is 6. The molecule has 0 radical (unpaired) electrons. The molecule has 2 amide bonds. The van der Waals surface area contributed by atoms with E-state index in [9.17, 15) is 14.4 Å². The van der Waals surface area contributed by atoms with Crippen molar-refractivity contribution in [3.8, 4) is 0 Å². The summed E-state index contributed by atoms with van der Waals surface area (Å²) in [6.07, 6.45) is 6.23. The Morgan fingerprint density at radius 3 is 2.34 bits per heavy atom. The Kier molecular flexibility index (Phi) is 7.67. The Morgan fingerprint density at radius 1 is 0.931 bits per heavy atom.